The van der Waals surface area contributed by atoms with Crippen LogP contribution in [0.3, 0.4) is 0 Å². The van der Waals surface area contributed by atoms with Crippen LogP contribution in [-0.2, 0) is 32.6 Å². The van der Waals surface area contributed by atoms with E-state index in [4.69, 9.17) is 9.56 Å². The fourth-order valence-corrected chi connectivity index (χ4v) is 3.53. The second kappa shape index (κ2) is 7.93. The number of nitrogens with zero attached hydrogens (tertiary/aromatic N) is 1. The van der Waals surface area contributed by atoms with Crippen molar-refractivity contribution in [2.75, 3.05) is 13.1 Å². The molecule has 0 radical (unpaired) electrons. The maximum atomic E-state index is 12.3. The summed E-state index contributed by atoms with van der Waals surface area (Å²) < 4.78 is 27.7. The van der Waals surface area contributed by atoms with Gasteiger partial charge in [0.05, 0.1) is 23.6 Å². The van der Waals surface area contributed by atoms with E-state index in [1.54, 1.807) is 35.4 Å². The molecule has 3 rings (SSSR count). The number of primary sulfonamides is 1. The molecule has 3 N–H and O–H groups in total. The minimum atomic E-state index is -3.71. The first kappa shape index (κ1) is 19.1. The summed E-state index contributed by atoms with van der Waals surface area (Å²) in [5, 5.41) is 7.89. The third-order valence-corrected chi connectivity index (χ3v) is 5.41. The topological polar surface area (TPSA) is 123 Å². The van der Waals surface area contributed by atoms with Gasteiger partial charge in [-0.25, -0.2) is 13.6 Å². The molecule has 2 amide bonds. The van der Waals surface area contributed by atoms with Crippen LogP contribution in [0, 0.1) is 5.92 Å². The molecular formula is C18H21N3O5S. The monoisotopic (exact) mass is 391 g/mol. The Balaban J connectivity index is 1.46. The van der Waals surface area contributed by atoms with Gasteiger partial charge in [-0.2, -0.15) is 0 Å². The summed E-state index contributed by atoms with van der Waals surface area (Å²) in [4.78, 5) is 26.0. The predicted molar refractivity (Wildman–Crippen MR) is 96.8 cm³/mol. The van der Waals surface area contributed by atoms with Gasteiger partial charge in [-0.1, -0.05) is 12.1 Å². The van der Waals surface area contributed by atoms with E-state index in [0.29, 0.717) is 31.8 Å². The molecule has 0 aliphatic carbocycles. The molecule has 1 aliphatic heterocycles. The first-order valence-electron chi connectivity index (χ1n) is 8.52. The van der Waals surface area contributed by atoms with Crippen molar-refractivity contribution >= 4 is 21.8 Å². The quantitative estimate of drug-likeness (QED) is 0.717. The molecule has 1 saturated heterocycles. The van der Waals surface area contributed by atoms with Gasteiger partial charge < -0.3 is 14.6 Å². The van der Waals surface area contributed by atoms with Crippen molar-refractivity contribution in [2.24, 2.45) is 11.1 Å². The molecule has 0 spiro atoms. The van der Waals surface area contributed by atoms with Crippen LogP contribution in [0.1, 0.15) is 17.7 Å². The summed E-state index contributed by atoms with van der Waals surface area (Å²) in [6.45, 7) is 1.14. The number of sulfonamides is 1. The summed E-state index contributed by atoms with van der Waals surface area (Å²) in [6, 6.07) is 9.76. The Kier molecular flexibility index (Phi) is 5.62. The molecule has 9 heteroatoms. The van der Waals surface area contributed by atoms with E-state index in [-0.39, 0.29) is 29.0 Å². The molecule has 27 heavy (non-hydrogen) atoms. The number of carbonyl (C=O) groups excluding carboxylic acids is 2. The highest BCUT2D eigenvalue weighted by Crippen LogP contribution is 2.20. The molecular weight excluding hydrogens is 370 g/mol. The van der Waals surface area contributed by atoms with Crippen LogP contribution in [0.25, 0.3) is 0 Å². The Bertz CT molecular complexity index is 907. The Labute approximate surface area is 157 Å². The number of hydrogen-bond acceptors (Lipinski definition) is 5. The predicted octanol–water partition coefficient (Wildman–Crippen LogP) is 0.634. The summed E-state index contributed by atoms with van der Waals surface area (Å²) in [7, 11) is -3.71. The Hall–Kier alpha value is -2.65. The second-order valence-electron chi connectivity index (χ2n) is 6.48. The van der Waals surface area contributed by atoms with Crippen molar-refractivity contribution in [3.63, 3.8) is 0 Å². The molecule has 1 aliphatic rings. The molecule has 1 aromatic carbocycles. The van der Waals surface area contributed by atoms with E-state index in [0.717, 1.165) is 5.56 Å². The molecule has 1 atom stereocenters. The number of nitrogens with one attached hydrogen (secondary N) is 1. The number of amides is 2. The van der Waals surface area contributed by atoms with Crippen LogP contribution in [0.15, 0.2) is 52.0 Å². The maximum absolute atomic E-state index is 12.3. The number of rotatable bonds is 7. The highest BCUT2D eigenvalue weighted by atomic mass is 32.2. The third kappa shape index (κ3) is 4.95. The van der Waals surface area contributed by atoms with E-state index in [2.05, 4.69) is 5.32 Å². The van der Waals surface area contributed by atoms with Crippen molar-refractivity contribution in [1.29, 1.82) is 0 Å². The molecule has 0 saturated carbocycles. The lowest BCUT2D eigenvalue weighted by Gasteiger charge is -2.15. The van der Waals surface area contributed by atoms with Crippen LogP contribution in [0.4, 0.5) is 0 Å². The van der Waals surface area contributed by atoms with Gasteiger partial charge in [-0.15, -0.1) is 0 Å². The first-order valence-corrected chi connectivity index (χ1v) is 10.1. The van der Waals surface area contributed by atoms with Crippen molar-refractivity contribution in [3.8, 4) is 0 Å². The summed E-state index contributed by atoms with van der Waals surface area (Å²) in [6.07, 6.45) is 2.29. The Morgan fingerprint density at radius 2 is 2.00 bits per heavy atom. The minimum absolute atomic E-state index is 0.0522. The number of hydrogen-bond donors (Lipinski definition) is 2. The normalized spacial score (nSPS) is 17.3. The molecule has 2 heterocycles. The average Bonchev–Trinajstić information content (AvgIpc) is 3.25. The third-order valence-electron chi connectivity index (χ3n) is 4.48. The van der Waals surface area contributed by atoms with E-state index in [1.807, 2.05) is 0 Å². The smallest absolute Gasteiger partial charge is 0.238 e. The largest absolute Gasteiger partial charge is 0.467 e. The van der Waals surface area contributed by atoms with E-state index in [9.17, 15) is 18.0 Å². The molecule has 1 fully saturated rings. The summed E-state index contributed by atoms with van der Waals surface area (Å²) in [5.74, 6) is 0.0844. The van der Waals surface area contributed by atoms with Gasteiger partial charge in [-0.05, 0) is 36.2 Å². The average molecular weight is 391 g/mol. The minimum Gasteiger partial charge on any atom is -0.467 e. The van der Waals surface area contributed by atoms with E-state index >= 15 is 0 Å². The van der Waals surface area contributed by atoms with Crippen LogP contribution in [-0.4, -0.2) is 38.2 Å². The maximum Gasteiger partial charge on any atom is 0.238 e. The number of likely N-dealkylation sites (tertiary alicyclic amines) is 1. The second-order valence-corrected chi connectivity index (χ2v) is 8.05. The Morgan fingerprint density at radius 3 is 2.63 bits per heavy atom. The Morgan fingerprint density at radius 1 is 1.26 bits per heavy atom. The lowest BCUT2D eigenvalue weighted by molar-refractivity contribution is -0.129. The summed E-state index contributed by atoms with van der Waals surface area (Å²) in [5.41, 5.74) is 0.879. The van der Waals surface area contributed by atoms with Crippen LogP contribution in [0.5, 0.6) is 0 Å². The van der Waals surface area contributed by atoms with E-state index < -0.39 is 10.0 Å². The standard InChI is InChI=1S/C18H21N3O5S/c19-27(24,25)16-5-3-13(4-6-16)7-8-20-18(23)14-10-17(22)21(11-14)12-15-2-1-9-26-15/h1-6,9,14H,7-8,10-12H2,(H,20,23)(H2,19,24,25). The molecule has 8 nitrogen and oxygen atoms in total. The van der Waals surface area contributed by atoms with Gasteiger partial charge >= 0.3 is 0 Å². The van der Waals surface area contributed by atoms with Crippen LogP contribution >= 0.6 is 0 Å². The van der Waals surface area contributed by atoms with Gasteiger partial charge in [0, 0.05) is 19.5 Å². The molecule has 2 aromatic rings. The van der Waals surface area contributed by atoms with Crippen LogP contribution < -0.4 is 10.5 Å². The highest BCUT2D eigenvalue weighted by molar-refractivity contribution is 7.89. The molecule has 1 aromatic heterocycles. The molecule has 144 valence electrons. The van der Waals surface area contributed by atoms with Crippen molar-refractivity contribution in [2.45, 2.75) is 24.3 Å². The lowest BCUT2D eigenvalue weighted by Crippen LogP contribution is -2.34. The van der Waals surface area contributed by atoms with Gasteiger partial charge in [0.1, 0.15) is 5.76 Å². The van der Waals surface area contributed by atoms with Gasteiger partial charge in [0.25, 0.3) is 0 Å². The molecule has 0 bridgehead atoms. The summed E-state index contributed by atoms with van der Waals surface area (Å²) >= 11 is 0. The number of furan rings is 1. The van der Waals surface area contributed by atoms with Crippen LogP contribution in [0.2, 0.25) is 0 Å². The number of nitrogens with two attached hydrogens (primary N) is 1. The number of carbonyl (C=O) groups is 2. The van der Waals surface area contributed by atoms with Crippen molar-refractivity contribution < 1.29 is 22.4 Å². The van der Waals surface area contributed by atoms with Gasteiger partial charge in [0.2, 0.25) is 21.8 Å². The van der Waals surface area contributed by atoms with Crippen molar-refractivity contribution in [3.05, 3.63) is 54.0 Å². The van der Waals surface area contributed by atoms with Gasteiger partial charge in [-0.3, -0.25) is 9.59 Å². The first-order chi connectivity index (χ1) is 12.8. The number of benzene rings is 1. The SMILES string of the molecule is NS(=O)(=O)c1ccc(CCNC(=O)C2CC(=O)N(Cc3ccco3)C2)cc1. The lowest BCUT2D eigenvalue weighted by atomic mass is 10.1. The van der Waals surface area contributed by atoms with E-state index in [1.165, 1.54) is 12.1 Å². The fourth-order valence-electron chi connectivity index (χ4n) is 3.01. The fraction of sp³-hybridized carbons (Fsp3) is 0.333. The zero-order valence-electron chi connectivity index (χ0n) is 14.6. The zero-order valence-corrected chi connectivity index (χ0v) is 15.4. The molecule has 1 unspecified atom stereocenters. The highest BCUT2D eigenvalue weighted by Gasteiger charge is 2.34. The van der Waals surface area contributed by atoms with Gasteiger partial charge in [0.15, 0.2) is 0 Å². The van der Waals surface area contributed by atoms with Crippen molar-refractivity contribution in [1.82, 2.24) is 10.2 Å². The zero-order chi connectivity index (χ0) is 19.4.